The number of amides is 1. The van der Waals surface area contributed by atoms with Crippen molar-refractivity contribution in [3.63, 3.8) is 0 Å². The lowest BCUT2D eigenvalue weighted by Gasteiger charge is -2.10. The van der Waals surface area contributed by atoms with Crippen LogP contribution >= 0.6 is 23.4 Å². The van der Waals surface area contributed by atoms with Crippen molar-refractivity contribution in [2.75, 3.05) is 5.32 Å². The molecular formula is C23H18ClN3OS. The van der Waals surface area contributed by atoms with E-state index in [9.17, 15) is 10.1 Å². The number of anilines is 1. The summed E-state index contributed by atoms with van der Waals surface area (Å²) in [6.07, 6.45) is 1.42. The van der Waals surface area contributed by atoms with Crippen LogP contribution in [-0.2, 0) is 11.3 Å². The second kappa shape index (κ2) is 10.4. The van der Waals surface area contributed by atoms with Crippen LogP contribution in [0.4, 0.5) is 5.69 Å². The smallest absolute Gasteiger partial charge is 0.263 e. The molecule has 2 N–H and O–H groups in total. The number of halogens is 1. The number of rotatable bonds is 7. The van der Waals surface area contributed by atoms with Crippen LogP contribution < -0.4 is 10.6 Å². The molecule has 0 fully saturated rings. The monoisotopic (exact) mass is 419 g/mol. The third-order valence-electron chi connectivity index (χ3n) is 3.99. The Balaban J connectivity index is 1.68. The summed E-state index contributed by atoms with van der Waals surface area (Å²) >= 11 is 7.70. The molecule has 0 aliphatic rings. The average molecular weight is 420 g/mol. The van der Waals surface area contributed by atoms with Gasteiger partial charge in [-0.2, -0.15) is 5.26 Å². The Bertz CT molecular complexity index is 1060. The molecule has 3 rings (SSSR count). The highest BCUT2D eigenvalue weighted by Crippen LogP contribution is 2.33. The first kappa shape index (κ1) is 20.5. The summed E-state index contributed by atoms with van der Waals surface area (Å²) in [7, 11) is 0. The molecule has 0 heterocycles. The fraction of sp³-hybridized carbons (Fsp3) is 0.0435. The summed E-state index contributed by atoms with van der Waals surface area (Å²) in [5.74, 6) is -0.465. The van der Waals surface area contributed by atoms with E-state index in [1.54, 1.807) is 17.8 Å². The Hall–Kier alpha value is -3.20. The van der Waals surface area contributed by atoms with Crippen LogP contribution in [0.5, 0.6) is 0 Å². The summed E-state index contributed by atoms with van der Waals surface area (Å²) in [5, 5.41) is 15.8. The Morgan fingerprint density at radius 3 is 2.45 bits per heavy atom. The van der Waals surface area contributed by atoms with Crippen LogP contribution in [0.25, 0.3) is 0 Å². The number of carbonyl (C=O) groups is 1. The fourth-order valence-corrected chi connectivity index (χ4v) is 3.63. The van der Waals surface area contributed by atoms with Gasteiger partial charge < -0.3 is 10.6 Å². The van der Waals surface area contributed by atoms with E-state index in [1.165, 1.54) is 6.20 Å². The van der Waals surface area contributed by atoms with Crippen LogP contribution in [0.15, 0.2) is 100 Å². The maximum Gasteiger partial charge on any atom is 0.263 e. The zero-order valence-electron chi connectivity index (χ0n) is 15.4. The van der Waals surface area contributed by atoms with Crippen LogP contribution in [-0.4, -0.2) is 5.91 Å². The van der Waals surface area contributed by atoms with E-state index in [2.05, 4.69) is 10.6 Å². The van der Waals surface area contributed by atoms with Gasteiger partial charge in [0.25, 0.3) is 5.91 Å². The van der Waals surface area contributed by atoms with Crippen LogP contribution in [0.1, 0.15) is 5.56 Å². The molecule has 3 aromatic rings. The van der Waals surface area contributed by atoms with Gasteiger partial charge >= 0.3 is 0 Å². The Labute approximate surface area is 179 Å². The SMILES string of the molecule is N#C/C(=C/Nc1ccccc1Sc1ccccc1)C(=O)NCc1ccccc1Cl. The number of carbonyl (C=O) groups excluding carboxylic acids is 1. The summed E-state index contributed by atoms with van der Waals surface area (Å²) in [6, 6.07) is 26.9. The molecule has 0 saturated carbocycles. The predicted molar refractivity (Wildman–Crippen MR) is 118 cm³/mol. The van der Waals surface area contributed by atoms with Crippen LogP contribution in [0, 0.1) is 11.3 Å². The van der Waals surface area contributed by atoms with Gasteiger partial charge in [-0.1, -0.05) is 71.9 Å². The summed E-state index contributed by atoms with van der Waals surface area (Å²) < 4.78 is 0. The number of benzene rings is 3. The van der Waals surface area contributed by atoms with Crippen molar-refractivity contribution in [1.82, 2.24) is 5.32 Å². The maximum absolute atomic E-state index is 12.4. The molecular weight excluding hydrogens is 402 g/mol. The summed E-state index contributed by atoms with van der Waals surface area (Å²) in [4.78, 5) is 14.5. The van der Waals surface area contributed by atoms with Gasteiger partial charge in [-0.3, -0.25) is 4.79 Å². The average Bonchev–Trinajstić information content (AvgIpc) is 2.75. The molecule has 3 aromatic carbocycles. The largest absolute Gasteiger partial charge is 0.359 e. The minimum Gasteiger partial charge on any atom is -0.359 e. The maximum atomic E-state index is 12.4. The number of nitriles is 1. The Kier molecular flexibility index (Phi) is 7.34. The van der Waals surface area contributed by atoms with Gasteiger partial charge in [-0.05, 0) is 35.9 Å². The van der Waals surface area contributed by atoms with Gasteiger partial charge in [-0.15, -0.1) is 0 Å². The van der Waals surface area contributed by atoms with E-state index in [4.69, 9.17) is 11.6 Å². The molecule has 0 aromatic heterocycles. The lowest BCUT2D eigenvalue weighted by molar-refractivity contribution is -0.117. The van der Waals surface area contributed by atoms with Gasteiger partial charge in [-0.25, -0.2) is 0 Å². The highest BCUT2D eigenvalue weighted by molar-refractivity contribution is 7.99. The van der Waals surface area contributed by atoms with Crippen molar-refractivity contribution in [2.45, 2.75) is 16.3 Å². The Morgan fingerprint density at radius 1 is 1.00 bits per heavy atom. The predicted octanol–water partition coefficient (Wildman–Crippen LogP) is 5.63. The van der Waals surface area contributed by atoms with Crippen molar-refractivity contribution < 1.29 is 4.79 Å². The van der Waals surface area contributed by atoms with Gasteiger partial charge in [0.15, 0.2) is 0 Å². The fourth-order valence-electron chi connectivity index (χ4n) is 2.50. The molecule has 0 spiro atoms. The van der Waals surface area contributed by atoms with Crippen LogP contribution in [0.3, 0.4) is 0 Å². The standard InChI is InChI=1S/C23H18ClN3OS/c24-20-11-5-4-8-17(20)15-27-23(28)18(14-25)16-26-21-12-6-7-13-22(21)29-19-9-2-1-3-10-19/h1-13,16,26H,15H2,(H,27,28)/b18-16-. The highest BCUT2D eigenvalue weighted by Gasteiger charge is 2.10. The molecule has 0 bridgehead atoms. The molecule has 0 aliphatic carbocycles. The normalized spacial score (nSPS) is 10.8. The number of hydrogen-bond acceptors (Lipinski definition) is 4. The molecule has 144 valence electrons. The van der Waals surface area contributed by atoms with Crippen molar-refractivity contribution in [3.8, 4) is 6.07 Å². The number of para-hydroxylation sites is 1. The van der Waals surface area contributed by atoms with E-state index in [0.717, 1.165) is 21.0 Å². The topological polar surface area (TPSA) is 64.9 Å². The van der Waals surface area contributed by atoms with Crippen LogP contribution in [0.2, 0.25) is 5.02 Å². The van der Waals surface area contributed by atoms with Gasteiger partial charge in [0.2, 0.25) is 0 Å². The quantitative estimate of drug-likeness (QED) is 0.385. The summed E-state index contributed by atoms with van der Waals surface area (Å²) in [5.41, 5.74) is 1.59. The molecule has 1 amide bonds. The molecule has 4 nitrogen and oxygen atoms in total. The van der Waals surface area contributed by atoms with E-state index >= 15 is 0 Å². The molecule has 0 unspecified atom stereocenters. The Morgan fingerprint density at radius 2 is 1.69 bits per heavy atom. The molecule has 0 atom stereocenters. The highest BCUT2D eigenvalue weighted by atomic mass is 35.5. The molecule has 6 heteroatoms. The summed E-state index contributed by atoms with van der Waals surface area (Å²) in [6.45, 7) is 0.248. The second-order valence-electron chi connectivity index (χ2n) is 6.00. The number of nitrogens with zero attached hydrogens (tertiary/aromatic N) is 1. The zero-order chi connectivity index (χ0) is 20.5. The first-order chi connectivity index (χ1) is 14.2. The van der Waals surface area contributed by atoms with Crippen molar-refractivity contribution in [3.05, 3.63) is 101 Å². The van der Waals surface area contributed by atoms with Crippen molar-refractivity contribution >= 4 is 35.0 Å². The first-order valence-corrected chi connectivity index (χ1v) is 10.1. The minimum absolute atomic E-state index is 0.0171. The lowest BCUT2D eigenvalue weighted by atomic mass is 10.2. The van der Waals surface area contributed by atoms with E-state index in [0.29, 0.717) is 5.02 Å². The van der Waals surface area contributed by atoms with E-state index in [1.807, 2.05) is 78.9 Å². The van der Waals surface area contributed by atoms with Gasteiger partial charge in [0.1, 0.15) is 11.6 Å². The van der Waals surface area contributed by atoms with E-state index in [-0.39, 0.29) is 12.1 Å². The van der Waals surface area contributed by atoms with Gasteiger partial charge in [0, 0.05) is 27.6 Å². The third kappa shape index (κ3) is 5.89. The lowest BCUT2D eigenvalue weighted by Crippen LogP contribution is -2.24. The molecule has 0 aliphatic heterocycles. The second-order valence-corrected chi connectivity index (χ2v) is 7.52. The van der Waals surface area contributed by atoms with Crippen molar-refractivity contribution in [1.29, 1.82) is 5.26 Å². The minimum atomic E-state index is -0.465. The molecule has 29 heavy (non-hydrogen) atoms. The van der Waals surface area contributed by atoms with Gasteiger partial charge in [0.05, 0.1) is 5.69 Å². The molecule has 0 saturated heterocycles. The van der Waals surface area contributed by atoms with E-state index < -0.39 is 5.91 Å². The zero-order valence-corrected chi connectivity index (χ0v) is 17.0. The molecule has 0 radical (unpaired) electrons. The first-order valence-electron chi connectivity index (χ1n) is 8.87. The number of hydrogen-bond donors (Lipinski definition) is 2. The van der Waals surface area contributed by atoms with Crippen molar-refractivity contribution in [2.24, 2.45) is 0 Å². The third-order valence-corrected chi connectivity index (χ3v) is 5.44. The number of nitrogens with one attached hydrogen (secondary N) is 2.